The van der Waals surface area contributed by atoms with Crippen molar-refractivity contribution in [3.63, 3.8) is 0 Å². The average Bonchev–Trinajstić information content (AvgIpc) is 3.46. The van der Waals surface area contributed by atoms with Gasteiger partial charge in [-0.05, 0) is 42.0 Å². The third-order valence-corrected chi connectivity index (χ3v) is 6.52. The Bertz CT molecular complexity index is 1120. The number of hydrogen-bond acceptors (Lipinski definition) is 6. The predicted molar refractivity (Wildman–Crippen MR) is 113 cm³/mol. The molecule has 2 bridgehead atoms. The van der Waals surface area contributed by atoms with Crippen LogP contribution in [0.1, 0.15) is 18.9 Å². The lowest BCUT2D eigenvalue weighted by molar-refractivity contribution is -0.148. The lowest BCUT2D eigenvalue weighted by Gasteiger charge is -2.16. The largest absolute Gasteiger partial charge is 0.478 e. The van der Waals surface area contributed by atoms with Crippen molar-refractivity contribution >= 4 is 34.8 Å². The number of fused-ring (bicyclic) bond motifs is 6. The van der Waals surface area contributed by atoms with E-state index in [0.717, 1.165) is 22.2 Å². The van der Waals surface area contributed by atoms with Gasteiger partial charge in [0.15, 0.2) is 6.10 Å². The van der Waals surface area contributed by atoms with Crippen molar-refractivity contribution in [2.45, 2.75) is 19.4 Å². The number of carbonyl (C=O) groups is 3. The van der Waals surface area contributed by atoms with Gasteiger partial charge in [0.25, 0.3) is 11.8 Å². The van der Waals surface area contributed by atoms with E-state index in [-0.39, 0.29) is 35.5 Å². The van der Waals surface area contributed by atoms with Crippen LogP contribution in [0, 0.1) is 23.7 Å². The van der Waals surface area contributed by atoms with Gasteiger partial charge in [0.05, 0.1) is 25.2 Å². The van der Waals surface area contributed by atoms with Gasteiger partial charge in [-0.25, -0.2) is 4.79 Å². The molecule has 7 nitrogen and oxygen atoms in total. The fourth-order valence-corrected chi connectivity index (χ4v) is 5.03. The third-order valence-electron chi connectivity index (χ3n) is 6.52. The number of allylic oxidation sites excluding steroid dienone is 2. The summed E-state index contributed by atoms with van der Waals surface area (Å²) in [5.41, 5.74) is 0.590. The van der Waals surface area contributed by atoms with Gasteiger partial charge in [-0.3, -0.25) is 9.59 Å². The smallest absolute Gasteiger partial charge is 0.346 e. The summed E-state index contributed by atoms with van der Waals surface area (Å²) in [5.74, 6) is -0.918. The third kappa shape index (κ3) is 3.03. The zero-order chi connectivity index (χ0) is 21.7. The Balaban J connectivity index is 1.50. The first-order valence-corrected chi connectivity index (χ1v) is 10.4. The molecule has 2 amide bonds. The summed E-state index contributed by atoms with van der Waals surface area (Å²) in [6.07, 6.45) is 5.63. The number of hydrazone groups is 1. The molecule has 158 valence electrons. The summed E-state index contributed by atoms with van der Waals surface area (Å²) < 4.78 is 10.6. The molecule has 0 spiro atoms. The fraction of sp³-hybridized carbons (Fsp3) is 0.333. The first kappa shape index (κ1) is 19.5. The monoisotopic (exact) mass is 418 g/mol. The summed E-state index contributed by atoms with van der Waals surface area (Å²) in [6, 6.07) is 11.3. The Morgan fingerprint density at radius 2 is 1.77 bits per heavy atom. The van der Waals surface area contributed by atoms with Crippen LogP contribution in [-0.4, -0.2) is 42.2 Å². The van der Waals surface area contributed by atoms with E-state index in [1.165, 1.54) is 13.3 Å². The molecule has 5 atom stereocenters. The van der Waals surface area contributed by atoms with Crippen LogP contribution < -0.4 is 4.74 Å². The molecule has 1 saturated heterocycles. The number of imide groups is 1. The van der Waals surface area contributed by atoms with Crippen LogP contribution in [0.5, 0.6) is 5.75 Å². The number of nitrogens with zero attached hydrogens (tertiary/aromatic N) is 2. The molecule has 31 heavy (non-hydrogen) atoms. The lowest BCUT2D eigenvalue weighted by atomic mass is 9.85. The van der Waals surface area contributed by atoms with E-state index in [9.17, 15) is 14.4 Å². The topological polar surface area (TPSA) is 85.3 Å². The van der Waals surface area contributed by atoms with Gasteiger partial charge in [-0.15, -0.1) is 0 Å². The summed E-state index contributed by atoms with van der Waals surface area (Å²) in [4.78, 5) is 37.7. The second-order valence-corrected chi connectivity index (χ2v) is 8.21. The summed E-state index contributed by atoms with van der Waals surface area (Å²) >= 11 is 0. The van der Waals surface area contributed by atoms with Crippen LogP contribution in [0.4, 0.5) is 0 Å². The normalized spacial score (nSPS) is 27.4. The Kier molecular flexibility index (Phi) is 4.61. The van der Waals surface area contributed by atoms with Crippen molar-refractivity contribution in [1.29, 1.82) is 0 Å². The fourth-order valence-electron chi connectivity index (χ4n) is 5.03. The highest BCUT2D eigenvalue weighted by Crippen LogP contribution is 2.52. The van der Waals surface area contributed by atoms with E-state index in [1.807, 2.05) is 30.3 Å². The maximum Gasteiger partial charge on any atom is 0.346 e. The van der Waals surface area contributed by atoms with Gasteiger partial charge in [0, 0.05) is 5.56 Å². The molecule has 5 rings (SSSR count). The average molecular weight is 418 g/mol. The first-order valence-electron chi connectivity index (χ1n) is 10.4. The predicted octanol–water partition coefficient (Wildman–Crippen LogP) is 2.92. The zero-order valence-corrected chi connectivity index (χ0v) is 17.2. The molecule has 2 aromatic carbocycles. The number of hydrogen-bond donors (Lipinski definition) is 0. The van der Waals surface area contributed by atoms with Crippen molar-refractivity contribution < 1.29 is 23.9 Å². The number of amides is 2. The van der Waals surface area contributed by atoms with Crippen molar-refractivity contribution in [2.24, 2.45) is 28.8 Å². The maximum atomic E-state index is 12.9. The van der Waals surface area contributed by atoms with Crippen molar-refractivity contribution in [3.05, 3.63) is 54.1 Å². The standard InChI is InChI=1S/C24H22N2O5/c1-13(24(29)30-2)31-19-10-9-14-5-3-4-6-17(14)18(19)12-25-26-22(27)20-15-7-8-16(11-15)21(20)23(26)28/h3-10,12-13,15-16,20-21H,11H2,1-2H3/t13-,15-,16-,20-,21+/m0/s1. The number of carbonyl (C=O) groups excluding carboxylic acids is 3. The number of esters is 1. The van der Waals surface area contributed by atoms with Gasteiger partial charge in [0.1, 0.15) is 5.75 Å². The molecule has 1 aliphatic heterocycles. The van der Waals surface area contributed by atoms with E-state index in [4.69, 9.17) is 9.47 Å². The van der Waals surface area contributed by atoms with Crippen LogP contribution in [-0.2, 0) is 19.1 Å². The molecule has 7 heteroatoms. The van der Waals surface area contributed by atoms with E-state index in [0.29, 0.717) is 11.3 Å². The van der Waals surface area contributed by atoms with Gasteiger partial charge >= 0.3 is 5.97 Å². The quantitative estimate of drug-likeness (QED) is 0.323. The van der Waals surface area contributed by atoms with E-state index >= 15 is 0 Å². The van der Waals surface area contributed by atoms with E-state index in [2.05, 4.69) is 17.3 Å². The molecule has 1 heterocycles. The summed E-state index contributed by atoms with van der Waals surface area (Å²) in [6.45, 7) is 1.60. The highest BCUT2D eigenvalue weighted by Gasteiger charge is 2.59. The Morgan fingerprint density at radius 1 is 1.10 bits per heavy atom. The first-order chi connectivity index (χ1) is 15.0. The SMILES string of the molecule is COC(=O)[C@H](C)Oc1ccc2ccccc2c1C=NN1C(=O)[C@@H]2[C@H](C1=O)[C@H]1C=C[C@H]2C1. The van der Waals surface area contributed by atoms with Gasteiger partial charge in [0.2, 0.25) is 0 Å². The van der Waals surface area contributed by atoms with Crippen molar-refractivity contribution in [1.82, 2.24) is 5.01 Å². The van der Waals surface area contributed by atoms with Gasteiger partial charge in [-0.2, -0.15) is 10.1 Å². The molecule has 2 fully saturated rings. The summed E-state index contributed by atoms with van der Waals surface area (Å²) in [7, 11) is 1.30. The molecule has 0 unspecified atom stereocenters. The Hall–Kier alpha value is -3.48. The van der Waals surface area contributed by atoms with Crippen LogP contribution in [0.15, 0.2) is 53.7 Å². The molecule has 0 N–H and O–H groups in total. The summed E-state index contributed by atoms with van der Waals surface area (Å²) in [5, 5.41) is 7.09. The van der Waals surface area contributed by atoms with E-state index in [1.54, 1.807) is 13.0 Å². The molecule has 2 aromatic rings. The van der Waals surface area contributed by atoms with Crippen LogP contribution in [0.3, 0.4) is 0 Å². The Labute approximate surface area is 179 Å². The number of rotatable bonds is 5. The molecular weight excluding hydrogens is 396 g/mol. The second kappa shape index (κ2) is 7.34. The minimum absolute atomic E-state index is 0.129. The molecule has 0 aromatic heterocycles. The van der Waals surface area contributed by atoms with Crippen molar-refractivity contribution in [3.8, 4) is 5.75 Å². The van der Waals surface area contributed by atoms with Crippen LogP contribution in [0.2, 0.25) is 0 Å². The van der Waals surface area contributed by atoms with E-state index < -0.39 is 12.1 Å². The zero-order valence-electron chi connectivity index (χ0n) is 17.2. The minimum Gasteiger partial charge on any atom is -0.478 e. The van der Waals surface area contributed by atoms with Gasteiger partial charge < -0.3 is 9.47 Å². The highest BCUT2D eigenvalue weighted by molar-refractivity contribution is 6.08. The molecule has 2 aliphatic carbocycles. The number of ether oxygens (including phenoxy) is 2. The minimum atomic E-state index is -0.825. The van der Waals surface area contributed by atoms with Crippen molar-refractivity contribution in [2.75, 3.05) is 7.11 Å². The number of benzene rings is 2. The second-order valence-electron chi connectivity index (χ2n) is 8.21. The molecule has 1 saturated carbocycles. The number of methoxy groups -OCH3 is 1. The molecular formula is C24H22N2O5. The molecule has 3 aliphatic rings. The van der Waals surface area contributed by atoms with Crippen LogP contribution >= 0.6 is 0 Å². The van der Waals surface area contributed by atoms with Gasteiger partial charge in [-0.1, -0.05) is 42.5 Å². The maximum absolute atomic E-state index is 12.9. The van der Waals surface area contributed by atoms with Crippen LogP contribution in [0.25, 0.3) is 10.8 Å². The Morgan fingerprint density at radius 3 is 2.45 bits per heavy atom. The lowest BCUT2D eigenvalue weighted by Crippen LogP contribution is -2.28. The highest BCUT2D eigenvalue weighted by atomic mass is 16.6. The molecule has 0 radical (unpaired) electrons.